The van der Waals surface area contributed by atoms with Crippen LogP contribution in [0.5, 0.6) is 0 Å². The first-order valence-corrected chi connectivity index (χ1v) is 8.65. The van der Waals surface area contributed by atoms with E-state index in [0.29, 0.717) is 5.56 Å². The summed E-state index contributed by atoms with van der Waals surface area (Å²) in [5, 5.41) is 3.81. The number of nitrogens with two attached hydrogens (primary N) is 1. The van der Waals surface area contributed by atoms with Crippen molar-refractivity contribution < 1.29 is 8.42 Å². The molecule has 0 spiro atoms. The largest absolute Gasteiger partial charge is 0.389 e. The minimum absolute atomic E-state index is 0.213. The maximum absolute atomic E-state index is 12.2. The molecule has 1 heterocycles. The topological polar surface area (TPSA) is 72.2 Å². The molecule has 7 heteroatoms. The van der Waals surface area contributed by atoms with Crippen LogP contribution in [0.2, 0.25) is 0 Å². The second-order valence-electron chi connectivity index (χ2n) is 4.30. The van der Waals surface area contributed by atoms with Crippen molar-refractivity contribution in [3.63, 3.8) is 0 Å². The molecule has 0 saturated heterocycles. The fourth-order valence-electron chi connectivity index (χ4n) is 1.73. The molecule has 2 aromatic rings. The van der Waals surface area contributed by atoms with Crippen LogP contribution in [-0.4, -0.2) is 13.4 Å². The van der Waals surface area contributed by atoms with Gasteiger partial charge in [-0.1, -0.05) is 18.3 Å². The van der Waals surface area contributed by atoms with E-state index in [9.17, 15) is 8.42 Å². The van der Waals surface area contributed by atoms with E-state index in [-0.39, 0.29) is 16.4 Å². The van der Waals surface area contributed by atoms with Crippen LogP contribution in [0.3, 0.4) is 0 Å². The summed E-state index contributed by atoms with van der Waals surface area (Å²) < 4.78 is 26.9. The zero-order valence-electron chi connectivity index (χ0n) is 10.8. The Labute approximate surface area is 127 Å². The van der Waals surface area contributed by atoms with Crippen molar-refractivity contribution in [3.8, 4) is 0 Å². The zero-order chi connectivity index (χ0) is 14.8. The standard InChI is InChI=1S/C13H14N2O2S3/c1-9-6-11(2-3-12(9)13(14)18)20(16,17)15-7-10-4-5-19-8-10/h2-6,8,15H,7H2,1H3,(H2,14,18). The predicted molar refractivity (Wildman–Crippen MR) is 85.4 cm³/mol. The fraction of sp³-hybridized carbons (Fsp3) is 0.154. The van der Waals surface area contributed by atoms with Gasteiger partial charge in [0.15, 0.2) is 0 Å². The molecular formula is C13H14N2O2S3. The molecule has 0 saturated carbocycles. The molecule has 0 aliphatic carbocycles. The van der Waals surface area contributed by atoms with E-state index in [2.05, 4.69) is 4.72 Å². The van der Waals surface area contributed by atoms with Gasteiger partial charge in [-0.25, -0.2) is 13.1 Å². The second-order valence-corrected chi connectivity index (χ2v) is 7.28. The van der Waals surface area contributed by atoms with Crippen molar-refractivity contribution in [2.45, 2.75) is 18.4 Å². The molecule has 2 rings (SSSR count). The molecule has 0 bridgehead atoms. The molecule has 20 heavy (non-hydrogen) atoms. The minimum atomic E-state index is -3.53. The van der Waals surface area contributed by atoms with E-state index in [1.807, 2.05) is 16.8 Å². The molecule has 0 unspecified atom stereocenters. The molecule has 1 aromatic heterocycles. The average molecular weight is 326 g/mol. The Morgan fingerprint density at radius 2 is 2.15 bits per heavy atom. The predicted octanol–water partition coefficient (Wildman–Crippen LogP) is 2.17. The first-order valence-electron chi connectivity index (χ1n) is 5.81. The van der Waals surface area contributed by atoms with Crippen molar-refractivity contribution in [3.05, 3.63) is 51.7 Å². The first-order chi connectivity index (χ1) is 9.40. The highest BCUT2D eigenvalue weighted by atomic mass is 32.2. The number of thiophene rings is 1. The van der Waals surface area contributed by atoms with Gasteiger partial charge in [0.25, 0.3) is 0 Å². The third-order valence-corrected chi connectivity index (χ3v) is 5.17. The summed E-state index contributed by atoms with van der Waals surface area (Å²) in [4.78, 5) is 0.475. The molecule has 0 fully saturated rings. The van der Waals surface area contributed by atoms with E-state index in [1.165, 1.54) is 17.4 Å². The summed E-state index contributed by atoms with van der Waals surface area (Å²) in [6.07, 6.45) is 0. The van der Waals surface area contributed by atoms with Gasteiger partial charge in [0.2, 0.25) is 10.0 Å². The minimum Gasteiger partial charge on any atom is -0.389 e. The zero-order valence-corrected chi connectivity index (χ0v) is 13.2. The number of aryl methyl sites for hydroxylation is 1. The van der Waals surface area contributed by atoms with E-state index < -0.39 is 10.0 Å². The molecule has 3 N–H and O–H groups in total. The van der Waals surface area contributed by atoms with Gasteiger partial charge in [-0.2, -0.15) is 11.3 Å². The van der Waals surface area contributed by atoms with Gasteiger partial charge in [0.05, 0.1) is 4.90 Å². The monoisotopic (exact) mass is 326 g/mol. The van der Waals surface area contributed by atoms with Crippen LogP contribution in [0.25, 0.3) is 0 Å². The summed E-state index contributed by atoms with van der Waals surface area (Å²) >= 11 is 6.44. The Balaban J connectivity index is 2.21. The maximum Gasteiger partial charge on any atom is 0.240 e. The molecule has 0 aliphatic rings. The number of rotatable bonds is 5. The average Bonchev–Trinajstić information content (AvgIpc) is 2.89. The van der Waals surface area contributed by atoms with E-state index in [0.717, 1.165) is 11.1 Å². The molecule has 0 atom stereocenters. The lowest BCUT2D eigenvalue weighted by Gasteiger charge is -2.09. The van der Waals surface area contributed by atoms with Crippen LogP contribution in [0.4, 0.5) is 0 Å². The first kappa shape index (κ1) is 15.1. The van der Waals surface area contributed by atoms with Crippen LogP contribution in [0, 0.1) is 6.92 Å². The van der Waals surface area contributed by atoms with Gasteiger partial charge in [0, 0.05) is 12.1 Å². The van der Waals surface area contributed by atoms with Gasteiger partial charge in [-0.3, -0.25) is 0 Å². The summed E-state index contributed by atoms with van der Waals surface area (Å²) in [5.41, 5.74) is 7.94. The number of benzene rings is 1. The summed E-state index contributed by atoms with van der Waals surface area (Å²) in [5.74, 6) is 0. The Morgan fingerprint density at radius 1 is 1.40 bits per heavy atom. The fourth-order valence-corrected chi connectivity index (χ4v) is 3.73. The lowest BCUT2D eigenvalue weighted by atomic mass is 10.1. The Hall–Kier alpha value is -1.28. The SMILES string of the molecule is Cc1cc(S(=O)(=O)NCc2ccsc2)ccc1C(N)=S. The number of nitrogens with one attached hydrogen (secondary N) is 1. The lowest BCUT2D eigenvalue weighted by molar-refractivity contribution is 0.581. The Bertz CT molecular complexity index is 722. The van der Waals surface area contributed by atoms with Gasteiger partial charge in [-0.05, 0) is 47.0 Å². The highest BCUT2D eigenvalue weighted by Crippen LogP contribution is 2.16. The Morgan fingerprint density at radius 3 is 2.70 bits per heavy atom. The number of sulfonamides is 1. The number of hydrogen-bond donors (Lipinski definition) is 2. The van der Waals surface area contributed by atoms with Gasteiger partial charge in [0.1, 0.15) is 4.99 Å². The van der Waals surface area contributed by atoms with Gasteiger partial charge < -0.3 is 5.73 Å². The lowest BCUT2D eigenvalue weighted by Crippen LogP contribution is -2.23. The van der Waals surface area contributed by atoms with Crippen LogP contribution in [-0.2, 0) is 16.6 Å². The van der Waals surface area contributed by atoms with Crippen molar-refractivity contribution >= 4 is 38.6 Å². The van der Waals surface area contributed by atoms with Crippen LogP contribution >= 0.6 is 23.6 Å². The summed E-state index contributed by atoms with van der Waals surface area (Å²) in [6, 6.07) is 6.60. The van der Waals surface area contributed by atoms with Crippen LogP contribution in [0.15, 0.2) is 39.9 Å². The van der Waals surface area contributed by atoms with Gasteiger partial charge >= 0.3 is 0 Å². The number of thiocarbonyl (C=S) groups is 1. The highest BCUT2D eigenvalue weighted by molar-refractivity contribution is 7.89. The smallest absolute Gasteiger partial charge is 0.240 e. The van der Waals surface area contributed by atoms with Crippen LogP contribution < -0.4 is 10.5 Å². The molecular weight excluding hydrogens is 312 g/mol. The number of hydrogen-bond acceptors (Lipinski definition) is 4. The van der Waals surface area contributed by atoms with Crippen molar-refractivity contribution in [2.24, 2.45) is 5.73 Å². The normalized spacial score (nSPS) is 11.4. The molecule has 0 amide bonds. The van der Waals surface area contributed by atoms with Crippen LogP contribution in [0.1, 0.15) is 16.7 Å². The molecule has 4 nitrogen and oxygen atoms in total. The molecule has 0 radical (unpaired) electrons. The van der Waals surface area contributed by atoms with Crippen molar-refractivity contribution in [2.75, 3.05) is 0 Å². The van der Waals surface area contributed by atoms with Gasteiger partial charge in [-0.15, -0.1) is 0 Å². The second kappa shape index (κ2) is 6.01. The van der Waals surface area contributed by atoms with E-state index >= 15 is 0 Å². The maximum atomic E-state index is 12.2. The third-order valence-electron chi connectivity index (χ3n) is 2.82. The summed E-state index contributed by atoms with van der Waals surface area (Å²) in [6.45, 7) is 2.06. The van der Waals surface area contributed by atoms with E-state index in [1.54, 1.807) is 19.1 Å². The van der Waals surface area contributed by atoms with Crippen molar-refractivity contribution in [1.82, 2.24) is 4.72 Å². The summed E-state index contributed by atoms with van der Waals surface area (Å²) in [7, 11) is -3.53. The highest BCUT2D eigenvalue weighted by Gasteiger charge is 2.15. The molecule has 0 aliphatic heterocycles. The van der Waals surface area contributed by atoms with Crippen molar-refractivity contribution in [1.29, 1.82) is 0 Å². The molecule has 106 valence electrons. The molecule has 1 aromatic carbocycles. The third kappa shape index (κ3) is 3.43. The quantitative estimate of drug-likeness (QED) is 0.826. The Kier molecular flexibility index (Phi) is 4.54. The van der Waals surface area contributed by atoms with E-state index in [4.69, 9.17) is 18.0 Å².